The molecule has 1 aliphatic heterocycles. The topological polar surface area (TPSA) is 60.9 Å². The van der Waals surface area contributed by atoms with Gasteiger partial charge in [0.05, 0.1) is 12.5 Å². The van der Waals surface area contributed by atoms with Crippen LogP contribution < -0.4 is 0 Å². The summed E-state index contributed by atoms with van der Waals surface area (Å²) in [5, 5.41) is 8.65. The molecule has 2 amide bonds. The van der Waals surface area contributed by atoms with E-state index in [-0.39, 0.29) is 25.0 Å². The van der Waals surface area contributed by atoms with Crippen LogP contribution in [0.3, 0.4) is 0 Å². The van der Waals surface area contributed by atoms with E-state index in [1.54, 1.807) is 18.1 Å². The molecule has 17 heavy (non-hydrogen) atoms. The van der Waals surface area contributed by atoms with Gasteiger partial charge in [0, 0.05) is 19.8 Å². The number of amides is 2. The van der Waals surface area contributed by atoms with Crippen molar-refractivity contribution in [1.29, 1.82) is 0 Å². The highest BCUT2D eigenvalue weighted by atomic mass is 16.4. The van der Waals surface area contributed by atoms with Gasteiger partial charge in [-0.1, -0.05) is 13.8 Å². The Morgan fingerprint density at radius 3 is 2.59 bits per heavy atom. The predicted octanol–water partition coefficient (Wildman–Crippen LogP) is 1.76. The SMILES string of the molecule is CC(C)C1=CN(CCC(=O)O)C(=O)N(C)C1C. The predicted molar refractivity (Wildman–Crippen MR) is 64.5 cm³/mol. The third-order valence-electron chi connectivity index (χ3n) is 3.15. The van der Waals surface area contributed by atoms with Crippen LogP contribution in [-0.2, 0) is 4.79 Å². The van der Waals surface area contributed by atoms with Crippen LogP contribution in [-0.4, -0.2) is 46.5 Å². The first kappa shape index (κ1) is 13.5. The number of carbonyl (C=O) groups excluding carboxylic acids is 1. The summed E-state index contributed by atoms with van der Waals surface area (Å²) >= 11 is 0. The van der Waals surface area contributed by atoms with Crippen molar-refractivity contribution in [3.8, 4) is 0 Å². The van der Waals surface area contributed by atoms with Gasteiger partial charge >= 0.3 is 12.0 Å². The Labute approximate surface area is 102 Å². The van der Waals surface area contributed by atoms with Gasteiger partial charge in [0.25, 0.3) is 0 Å². The molecule has 0 aromatic heterocycles. The highest BCUT2D eigenvalue weighted by Gasteiger charge is 2.30. The highest BCUT2D eigenvalue weighted by Crippen LogP contribution is 2.24. The van der Waals surface area contributed by atoms with Gasteiger partial charge in [-0.2, -0.15) is 0 Å². The van der Waals surface area contributed by atoms with Crippen LogP contribution in [0.4, 0.5) is 4.79 Å². The summed E-state index contributed by atoms with van der Waals surface area (Å²) in [6, 6.07) is -0.0632. The van der Waals surface area contributed by atoms with E-state index in [0.29, 0.717) is 5.92 Å². The van der Waals surface area contributed by atoms with Crippen molar-refractivity contribution in [2.24, 2.45) is 5.92 Å². The number of aliphatic carboxylic acids is 1. The van der Waals surface area contributed by atoms with Crippen LogP contribution in [0.1, 0.15) is 27.2 Å². The second-order valence-electron chi connectivity index (χ2n) is 4.69. The Balaban J connectivity index is 2.88. The summed E-state index contributed by atoms with van der Waals surface area (Å²) in [6.45, 7) is 6.35. The van der Waals surface area contributed by atoms with Crippen molar-refractivity contribution in [1.82, 2.24) is 9.80 Å². The summed E-state index contributed by atoms with van der Waals surface area (Å²) in [6.07, 6.45) is 1.77. The molecule has 1 rings (SSSR count). The van der Waals surface area contributed by atoms with Crippen LogP contribution in [0.5, 0.6) is 0 Å². The number of likely N-dealkylation sites (N-methyl/N-ethyl adjacent to an activating group) is 1. The average Bonchev–Trinajstić information content (AvgIpc) is 2.24. The number of carboxylic acid groups (broad SMARTS) is 1. The van der Waals surface area contributed by atoms with Crippen LogP contribution in [0.15, 0.2) is 11.8 Å². The Morgan fingerprint density at radius 2 is 2.12 bits per heavy atom. The first-order valence-electron chi connectivity index (χ1n) is 5.81. The molecule has 1 unspecified atom stereocenters. The van der Waals surface area contributed by atoms with Crippen LogP contribution >= 0.6 is 0 Å². The van der Waals surface area contributed by atoms with Gasteiger partial charge in [0.15, 0.2) is 0 Å². The molecule has 5 nitrogen and oxygen atoms in total. The lowest BCUT2D eigenvalue weighted by molar-refractivity contribution is -0.137. The zero-order valence-corrected chi connectivity index (χ0v) is 10.8. The number of hydrogen-bond acceptors (Lipinski definition) is 2. The van der Waals surface area contributed by atoms with Gasteiger partial charge in [0.2, 0.25) is 0 Å². The number of carboxylic acids is 1. The quantitative estimate of drug-likeness (QED) is 0.814. The summed E-state index contributed by atoms with van der Waals surface area (Å²) in [4.78, 5) is 25.6. The zero-order valence-electron chi connectivity index (χ0n) is 10.8. The fourth-order valence-corrected chi connectivity index (χ4v) is 1.94. The highest BCUT2D eigenvalue weighted by molar-refractivity contribution is 5.78. The van der Waals surface area contributed by atoms with E-state index in [1.165, 1.54) is 4.90 Å². The largest absolute Gasteiger partial charge is 0.481 e. The minimum Gasteiger partial charge on any atom is -0.481 e. The number of hydrogen-bond donors (Lipinski definition) is 1. The molecule has 0 saturated heterocycles. The maximum absolute atomic E-state index is 11.9. The molecule has 1 N–H and O–H groups in total. The average molecular weight is 240 g/mol. The van der Waals surface area contributed by atoms with Gasteiger partial charge in [-0.25, -0.2) is 4.79 Å². The molecule has 1 atom stereocenters. The van der Waals surface area contributed by atoms with E-state index >= 15 is 0 Å². The Hall–Kier alpha value is -1.52. The second-order valence-corrected chi connectivity index (χ2v) is 4.69. The molecule has 0 aromatic carbocycles. The van der Waals surface area contributed by atoms with Crippen LogP contribution in [0.25, 0.3) is 0 Å². The van der Waals surface area contributed by atoms with Gasteiger partial charge < -0.3 is 14.9 Å². The first-order chi connectivity index (χ1) is 7.84. The molecular weight excluding hydrogens is 220 g/mol. The van der Waals surface area contributed by atoms with Crippen molar-refractivity contribution in [2.75, 3.05) is 13.6 Å². The van der Waals surface area contributed by atoms with Crippen molar-refractivity contribution >= 4 is 12.0 Å². The molecule has 0 bridgehead atoms. The van der Waals surface area contributed by atoms with E-state index < -0.39 is 5.97 Å². The Kier molecular flexibility index (Phi) is 4.15. The summed E-state index contributed by atoms with van der Waals surface area (Å²) in [5.74, 6) is -0.550. The van der Waals surface area contributed by atoms with E-state index in [0.717, 1.165) is 5.57 Å². The first-order valence-corrected chi connectivity index (χ1v) is 5.81. The third kappa shape index (κ3) is 2.99. The van der Waals surface area contributed by atoms with Gasteiger partial charge in [0.1, 0.15) is 0 Å². The van der Waals surface area contributed by atoms with Crippen molar-refractivity contribution < 1.29 is 14.7 Å². The lowest BCUT2D eigenvalue weighted by Gasteiger charge is -2.38. The van der Waals surface area contributed by atoms with E-state index in [2.05, 4.69) is 13.8 Å². The molecule has 0 aromatic rings. The van der Waals surface area contributed by atoms with Crippen LogP contribution in [0.2, 0.25) is 0 Å². The smallest absolute Gasteiger partial charge is 0.324 e. The normalized spacial score (nSPS) is 20.9. The third-order valence-corrected chi connectivity index (χ3v) is 3.15. The molecule has 1 aliphatic rings. The minimum absolute atomic E-state index is 0.0319. The summed E-state index contributed by atoms with van der Waals surface area (Å²) in [5.41, 5.74) is 1.15. The summed E-state index contributed by atoms with van der Waals surface area (Å²) < 4.78 is 0. The molecule has 0 saturated carbocycles. The fourth-order valence-electron chi connectivity index (χ4n) is 1.94. The number of carbonyl (C=O) groups is 2. The zero-order chi connectivity index (χ0) is 13.2. The van der Waals surface area contributed by atoms with Gasteiger partial charge in [-0.05, 0) is 18.4 Å². The van der Waals surface area contributed by atoms with Crippen molar-refractivity contribution in [2.45, 2.75) is 33.2 Å². The van der Waals surface area contributed by atoms with E-state index in [1.807, 2.05) is 6.92 Å². The van der Waals surface area contributed by atoms with E-state index in [9.17, 15) is 9.59 Å². The molecular formula is C12H20N2O3. The molecule has 0 aliphatic carbocycles. The number of nitrogens with zero attached hydrogens (tertiary/aromatic N) is 2. The van der Waals surface area contributed by atoms with Crippen molar-refractivity contribution in [3.63, 3.8) is 0 Å². The van der Waals surface area contributed by atoms with Gasteiger partial charge in [-0.3, -0.25) is 4.79 Å². The lowest BCUT2D eigenvalue weighted by Crippen LogP contribution is -2.49. The summed E-state index contributed by atoms with van der Waals surface area (Å²) in [7, 11) is 1.75. The standard InChI is InChI=1S/C12H20N2O3/c1-8(2)10-7-14(6-5-11(15)16)12(17)13(4)9(10)3/h7-9H,5-6H2,1-4H3,(H,15,16). The molecule has 1 heterocycles. The molecule has 0 radical (unpaired) electrons. The monoisotopic (exact) mass is 240 g/mol. The van der Waals surface area contributed by atoms with Crippen LogP contribution in [0, 0.1) is 5.92 Å². The maximum atomic E-state index is 11.9. The number of urea groups is 1. The fraction of sp³-hybridized carbons (Fsp3) is 0.667. The van der Waals surface area contributed by atoms with Gasteiger partial charge in [-0.15, -0.1) is 0 Å². The minimum atomic E-state index is -0.890. The Morgan fingerprint density at radius 1 is 1.53 bits per heavy atom. The Bertz CT molecular complexity index is 350. The number of rotatable bonds is 4. The maximum Gasteiger partial charge on any atom is 0.324 e. The lowest BCUT2D eigenvalue weighted by atomic mass is 9.95. The molecule has 0 spiro atoms. The van der Waals surface area contributed by atoms with Crippen molar-refractivity contribution in [3.05, 3.63) is 11.8 Å². The molecule has 96 valence electrons. The van der Waals surface area contributed by atoms with E-state index in [4.69, 9.17) is 5.11 Å². The molecule has 0 fully saturated rings. The second kappa shape index (κ2) is 5.21. The molecule has 5 heteroatoms.